The van der Waals surface area contributed by atoms with Crippen molar-refractivity contribution in [1.29, 1.82) is 0 Å². The SMILES string of the molecule is CCc1nn(C)cc1NC(C)c1ccc2c(c1)CCCC2. The lowest BCUT2D eigenvalue weighted by Gasteiger charge is -2.20. The van der Waals surface area contributed by atoms with Gasteiger partial charge in [-0.2, -0.15) is 5.10 Å². The van der Waals surface area contributed by atoms with Gasteiger partial charge in [-0.3, -0.25) is 4.68 Å². The van der Waals surface area contributed by atoms with Crippen LogP contribution in [0.15, 0.2) is 24.4 Å². The Bertz CT molecular complexity index is 627. The molecule has 1 aromatic heterocycles. The van der Waals surface area contributed by atoms with E-state index in [1.165, 1.54) is 31.2 Å². The van der Waals surface area contributed by atoms with Gasteiger partial charge in [0.15, 0.2) is 0 Å². The van der Waals surface area contributed by atoms with E-state index in [2.05, 4.69) is 48.7 Å². The largest absolute Gasteiger partial charge is 0.376 e. The zero-order valence-electron chi connectivity index (χ0n) is 13.3. The average molecular weight is 283 g/mol. The highest BCUT2D eigenvalue weighted by atomic mass is 15.3. The van der Waals surface area contributed by atoms with Crippen LogP contribution in [0.2, 0.25) is 0 Å². The van der Waals surface area contributed by atoms with Crippen LogP contribution in [0.3, 0.4) is 0 Å². The second kappa shape index (κ2) is 5.92. The third kappa shape index (κ3) is 2.97. The van der Waals surface area contributed by atoms with Crippen molar-refractivity contribution in [3.63, 3.8) is 0 Å². The zero-order chi connectivity index (χ0) is 14.8. The molecule has 21 heavy (non-hydrogen) atoms. The van der Waals surface area contributed by atoms with Crippen LogP contribution in [-0.4, -0.2) is 9.78 Å². The fourth-order valence-corrected chi connectivity index (χ4v) is 3.26. The highest BCUT2D eigenvalue weighted by molar-refractivity contribution is 5.49. The van der Waals surface area contributed by atoms with Gasteiger partial charge < -0.3 is 5.32 Å². The van der Waals surface area contributed by atoms with E-state index in [-0.39, 0.29) is 0 Å². The van der Waals surface area contributed by atoms with Gasteiger partial charge >= 0.3 is 0 Å². The molecule has 3 heteroatoms. The summed E-state index contributed by atoms with van der Waals surface area (Å²) in [5.74, 6) is 0. The van der Waals surface area contributed by atoms with E-state index in [1.807, 2.05) is 11.7 Å². The lowest BCUT2D eigenvalue weighted by molar-refractivity contribution is 0.683. The molecule has 0 saturated carbocycles. The van der Waals surface area contributed by atoms with E-state index < -0.39 is 0 Å². The Labute approximate surface area is 127 Å². The fourth-order valence-electron chi connectivity index (χ4n) is 3.26. The van der Waals surface area contributed by atoms with Gasteiger partial charge in [0.1, 0.15) is 0 Å². The third-order valence-electron chi connectivity index (χ3n) is 4.48. The first-order valence-corrected chi connectivity index (χ1v) is 8.08. The summed E-state index contributed by atoms with van der Waals surface area (Å²) in [5.41, 5.74) is 6.77. The lowest BCUT2D eigenvalue weighted by Crippen LogP contribution is -2.10. The Morgan fingerprint density at radius 2 is 2.00 bits per heavy atom. The fraction of sp³-hybridized carbons (Fsp3) is 0.500. The number of hydrogen-bond donors (Lipinski definition) is 1. The summed E-state index contributed by atoms with van der Waals surface area (Å²) in [6, 6.07) is 7.32. The van der Waals surface area contributed by atoms with E-state index >= 15 is 0 Å². The van der Waals surface area contributed by atoms with Gasteiger partial charge in [0.2, 0.25) is 0 Å². The van der Waals surface area contributed by atoms with Gasteiger partial charge in [0.25, 0.3) is 0 Å². The first-order chi connectivity index (χ1) is 10.2. The summed E-state index contributed by atoms with van der Waals surface area (Å²) < 4.78 is 1.89. The van der Waals surface area contributed by atoms with Crippen LogP contribution in [0.5, 0.6) is 0 Å². The van der Waals surface area contributed by atoms with Gasteiger partial charge in [-0.05, 0) is 55.7 Å². The molecule has 0 radical (unpaired) electrons. The maximum absolute atomic E-state index is 4.50. The molecule has 1 aliphatic rings. The number of nitrogens with one attached hydrogen (secondary N) is 1. The monoisotopic (exact) mass is 283 g/mol. The van der Waals surface area contributed by atoms with Crippen LogP contribution >= 0.6 is 0 Å². The van der Waals surface area contributed by atoms with Crippen molar-refractivity contribution in [2.75, 3.05) is 5.32 Å². The minimum atomic E-state index is 0.312. The Kier molecular flexibility index (Phi) is 4.00. The molecule has 1 aliphatic carbocycles. The Morgan fingerprint density at radius 1 is 1.24 bits per heavy atom. The number of aryl methyl sites for hydroxylation is 4. The van der Waals surface area contributed by atoms with Crippen molar-refractivity contribution in [1.82, 2.24) is 9.78 Å². The second-order valence-electron chi connectivity index (χ2n) is 6.12. The summed E-state index contributed by atoms with van der Waals surface area (Å²) >= 11 is 0. The number of hydrogen-bond acceptors (Lipinski definition) is 2. The molecule has 1 N–H and O–H groups in total. The van der Waals surface area contributed by atoms with Crippen molar-refractivity contribution in [3.8, 4) is 0 Å². The Balaban J connectivity index is 1.80. The second-order valence-corrected chi connectivity index (χ2v) is 6.12. The van der Waals surface area contributed by atoms with E-state index in [0.29, 0.717) is 6.04 Å². The number of benzene rings is 1. The molecule has 0 saturated heterocycles. The molecule has 1 unspecified atom stereocenters. The highest BCUT2D eigenvalue weighted by Gasteiger charge is 2.14. The van der Waals surface area contributed by atoms with E-state index in [9.17, 15) is 0 Å². The predicted octanol–water partition coefficient (Wildman–Crippen LogP) is 4.03. The van der Waals surface area contributed by atoms with Crippen LogP contribution in [0.25, 0.3) is 0 Å². The van der Waals surface area contributed by atoms with Gasteiger partial charge in [-0.1, -0.05) is 25.1 Å². The molecular weight excluding hydrogens is 258 g/mol. The molecular formula is C18H25N3. The summed E-state index contributed by atoms with van der Waals surface area (Å²) in [5, 5.41) is 8.12. The quantitative estimate of drug-likeness (QED) is 0.918. The van der Waals surface area contributed by atoms with Crippen LogP contribution in [0, 0.1) is 0 Å². The van der Waals surface area contributed by atoms with E-state index in [1.54, 1.807) is 11.1 Å². The average Bonchev–Trinajstić information content (AvgIpc) is 2.86. The van der Waals surface area contributed by atoms with Crippen molar-refractivity contribution < 1.29 is 0 Å². The van der Waals surface area contributed by atoms with Crippen LogP contribution in [-0.2, 0) is 26.3 Å². The number of nitrogens with zero attached hydrogens (tertiary/aromatic N) is 2. The number of anilines is 1. The third-order valence-corrected chi connectivity index (χ3v) is 4.48. The van der Waals surface area contributed by atoms with Crippen molar-refractivity contribution in [2.45, 2.75) is 52.0 Å². The number of aromatic nitrogens is 2. The van der Waals surface area contributed by atoms with E-state index in [4.69, 9.17) is 0 Å². The maximum atomic E-state index is 4.50. The molecule has 0 bridgehead atoms. The standard InChI is InChI=1S/C18H25N3/c1-4-17-18(12-21(3)20-17)19-13(2)15-10-9-14-7-5-6-8-16(14)11-15/h9-13,19H,4-8H2,1-3H3. The predicted molar refractivity (Wildman–Crippen MR) is 87.7 cm³/mol. The molecule has 112 valence electrons. The lowest BCUT2D eigenvalue weighted by atomic mass is 9.89. The Hall–Kier alpha value is -1.77. The van der Waals surface area contributed by atoms with Crippen LogP contribution in [0.4, 0.5) is 5.69 Å². The summed E-state index contributed by atoms with van der Waals surface area (Å²) in [6.07, 6.45) is 8.20. The molecule has 3 rings (SSSR count). The first kappa shape index (κ1) is 14.2. The van der Waals surface area contributed by atoms with Crippen LogP contribution in [0.1, 0.15) is 55.1 Å². The number of fused-ring (bicyclic) bond motifs is 1. The van der Waals surface area contributed by atoms with Gasteiger partial charge in [-0.15, -0.1) is 0 Å². The minimum absolute atomic E-state index is 0.312. The number of rotatable bonds is 4. The Morgan fingerprint density at radius 3 is 2.76 bits per heavy atom. The molecule has 0 amide bonds. The molecule has 0 spiro atoms. The zero-order valence-corrected chi connectivity index (χ0v) is 13.3. The van der Waals surface area contributed by atoms with Crippen molar-refractivity contribution in [3.05, 3.63) is 46.8 Å². The van der Waals surface area contributed by atoms with E-state index in [0.717, 1.165) is 17.8 Å². The molecule has 0 fully saturated rings. The molecule has 1 aromatic carbocycles. The first-order valence-electron chi connectivity index (χ1n) is 8.08. The van der Waals surface area contributed by atoms with Gasteiger partial charge in [0.05, 0.1) is 11.4 Å². The molecule has 2 aromatic rings. The summed E-state index contributed by atoms with van der Waals surface area (Å²) in [4.78, 5) is 0. The topological polar surface area (TPSA) is 29.9 Å². The van der Waals surface area contributed by atoms with Gasteiger partial charge in [0, 0.05) is 19.3 Å². The molecule has 3 nitrogen and oxygen atoms in total. The maximum Gasteiger partial charge on any atom is 0.0853 e. The highest BCUT2D eigenvalue weighted by Crippen LogP contribution is 2.27. The molecule has 0 aliphatic heterocycles. The molecule has 1 heterocycles. The van der Waals surface area contributed by atoms with Gasteiger partial charge in [-0.25, -0.2) is 0 Å². The summed E-state index contributed by atoms with van der Waals surface area (Å²) in [6.45, 7) is 4.38. The minimum Gasteiger partial charge on any atom is -0.376 e. The van der Waals surface area contributed by atoms with Crippen molar-refractivity contribution in [2.24, 2.45) is 7.05 Å². The summed E-state index contributed by atoms with van der Waals surface area (Å²) in [7, 11) is 1.98. The normalized spacial score (nSPS) is 15.6. The smallest absolute Gasteiger partial charge is 0.0853 e. The molecule has 1 atom stereocenters. The van der Waals surface area contributed by atoms with Crippen LogP contribution < -0.4 is 5.32 Å². The van der Waals surface area contributed by atoms with Crippen molar-refractivity contribution >= 4 is 5.69 Å².